The van der Waals surface area contributed by atoms with E-state index in [9.17, 15) is 0 Å². The van der Waals surface area contributed by atoms with E-state index in [0.717, 1.165) is 8.95 Å². The lowest BCUT2D eigenvalue weighted by atomic mass is 9.94. The van der Waals surface area contributed by atoms with Gasteiger partial charge in [0.05, 0.1) is 5.69 Å². The number of rotatable bonds is 3. The normalized spacial score (nSPS) is 16.0. The van der Waals surface area contributed by atoms with Crippen LogP contribution in [0.15, 0.2) is 21.1 Å². The predicted molar refractivity (Wildman–Crippen MR) is 92.3 cm³/mol. The zero-order valence-corrected chi connectivity index (χ0v) is 15.2. The van der Waals surface area contributed by atoms with Crippen LogP contribution in [0.5, 0.6) is 0 Å². The van der Waals surface area contributed by atoms with Crippen molar-refractivity contribution in [3.05, 3.63) is 26.6 Å². The Balaban J connectivity index is 0.00000180. The third kappa shape index (κ3) is 4.10. The molecule has 0 heterocycles. The summed E-state index contributed by atoms with van der Waals surface area (Å²) in [6, 6.07) is 4.88. The van der Waals surface area contributed by atoms with Gasteiger partial charge in [0.15, 0.2) is 0 Å². The third-order valence-corrected chi connectivity index (χ3v) is 4.86. The summed E-state index contributed by atoms with van der Waals surface area (Å²) in [5, 5.41) is 0. The summed E-state index contributed by atoms with van der Waals surface area (Å²) in [5.41, 5.74) is 8.34. The molecule has 2 N–H and O–H groups in total. The molecular weight excluding hydrogens is 391 g/mol. The summed E-state index contributed by atoms with van der Waals surface area (Å²) < 4.78 is 2.21. The summed E-state index contributed by atoms with van der Waals surface area (Å²) in [7, 11) is 2.20. The number of benzene rings is 1. The maximum absolute atomic E-state index is 5.89. The molecule has 19 heavy (non-hydrogen) atoms. The van der Waals surface area contributed by atoms with Crippen LogP contribution in [0.4, 0.5) is 5.69 Å². The topological polar surface area (TPSA) is 29.3 Å². The molecule has 1 aliphatic rings. The predicted octanol–water partition coefficient (Wildman–Crippen LogP) is 4.86. The lowest BCUT2D eigenvalue weighted by Crippen LogP contribution is -2.34. The Hall–Kier alpha value is 0.230. The largest absolute Gasteiger partial charge is 0.370 e. The van der Waals surface area contributed by atoms with E-state index in [1.165, 1.54) is 43.4 Å². The first kappa shape index (κ1) is 17.3. The average molecular weight is 413 g/mol. The highest BCUT2D eigenvalue weighted by molar-refractivity contribution is 9.11. The second-order valence-corrected chi connectivity index (χ2v) is 6.77. The summed E-state index contributed by atoms with van der Waals surface area (Å²) in [6.07, 6.45) is 6.67. The van der Waals surface area contributed by atoms with E-state index in [2.05, 4.69) is 55.9 Å². The molecule has 0 amide bonds. The number of hydrogen-bond donors (Lipinski definition) is 1. The highest BCUT2D eigenvalue weighted by Gasteiger charge is 2.21. The van der Waals surface area contributed by atoms with Gasteiger partial charge in [-0.2, -0.15) is 0 Å². The van der Waals surface area contributed by atoms with E-state index >= 15 is 0 Å². The van der Waals surface area contributed by atoms with Crippen molar-refractivity contribution in [2.24, 2.45) is 5.73 Å². The highest BCUT2D eigenvalue weighted by atomic mass is 79.9. The van der Waals surface area contributed by atoms with Crippen LogP contribution in [0.25, 0.3) is 0 Å². The molecule has 1 aromatic rings. The van der Waals surface area contributed by atoms with Crippen molar-refractivity contribution in [1.82, 2.24) is 0 Å². The Morgan fingerprint density at radius 1 is 1.21 bits per heavy atom. The van der Waals surface area contributed by atoms with Crippen LogP contribution in [0.3, 0.4) is 0 Å². The Kier molecular flexibility index (Phi) is 7.15. The van der Waals surface area contributed by atoms with Crippen LogP contribution < -0.4 is 10.6 Å². The van der Waals surface area contributed by atoms with Crippen molar-refractivity contribution in [2.45, 2.75) is 44.7 Å². The summed E-state index contributed by atoms with van der Waals surface area (Å²) in [6.45, 7) is 0.574. The number of nitrogens with zero attached hydrogens (tertiary/aromatic N) is 1. The van der Waals surface area contributed by atoms with Crippen LogP contribution in [0.1, 0.15) is 37.7 Å². The number of halogens is 3. The Morgan fingerprint density at radius 3 is 2.42 bits per heavy atom. The molecule has 0 aromatic heterocycles. The van der Waals surface area contributed by atoms with Gasteiger partial charge in [0.1, 0.15) is 0 Å². The Labute approximate surface area is 138 Å². The van der Waals surface area contributed by atoms with Gasteiger partial charge in [-0.05, 0) is 46.5 Å². The van der Waals surface area contributed by atoms with E-state index in [0.29, 0.717) is 12.6 Å². The van der Waals surface area contributed by atoms with Gasteiger partial charge in [-0.3, -0.25) is 0 Å². The van der Waals surface area contributed by atoms with Gasteiger partial charge >= 0.3 is 0 Å². The van der Waals surface area contributed by atoms with Gasteiger partial charge in [-0.1, -0.05) is 35.2 Å². The molecule has 1 saturated carbocycles. The van der Waals surface area contributed by atoms with E-state index in [1.807, 2.05) is 0 Å². The van der Waals surface area contributed by atoms with Crippen LogP contribution in [0, 0.1) is 0 Å². The molecule has 0 radical (unpaired) electrons. The van der Waals surface area contributed by atoms with Crippen LogP contribution in [-0.2, 0) is 6.54 Å². The van der Waals surface area contributed by atoms with Gasteiger partial charge in [0.25, 0.3) is 0 Å². The fraction of sp³-hybridized carbons (Fsp3) is 0.571. The monoisotopic (exact) mass is 410 g/mol. The zero-order chi connectivity index (χ0) is 13.1. The van der Waals surface area contributed by atoms with Gasteiger partial charge in [0, 0.05) is 28.6 Å². The summed E-state index contributed by atoms with van der Waals surface area (Å²) in [4.78, 5) is 2.41. The molecule has 0 unspecified atom stereocenters. The van der Waals surface area contributed by atoms with Crippen molar-refractivity contribution >= 4 is 50.0 Å². The molecule has 0 spiro atoms. The number of hydrogen-bond acceptors (Lipinski definition) is 2. The molecule has 108 valence electrons. The Bertz CT molecular complexity index is 420. The summed E-state index contributed by atoms with van der Waals surface area (Å²) >= 11 is 7.21. The van der Waals surface area contributed by atoms with Crippen molar-refractivity contribution in [1.29, 1.82) is 0 Å². The molecule has 5 heteroatoms. The smallest absolute Gasteiger partial charge is 0.0556 e. The minimum absolute atomic E-state index is 0. The standard InChI is InChI=1S/C14H20Br2N2.ClH/c1-18(12-5-3-2-4-6-12)14-10(9-17)7-11(15)8-13(14)16;/h7-8,12H,2-6,9,17H2,1H3;1H. The zero-order valence-electron chi connectivity index (χ0n) is 11.2. The summed E-state index contributed by atoms with van der Waals surface area (Å²) in [5.74, 6) is 0. The molecule has 0 atom stereocenters. The minimum Gasteiger partial charge on any atom is -0.370 e. The molecule has 0 saturated heterocycles. The lowest BCUT2D eigenvalue weighted by molar-refractivity contribution is 0.427. The number of nitrogens with two attached hydrogens (primary N) is 1. The van der Waals surface area contributed by atoms with Gasteiger partial charge in [-0.15, -0.1) is 12.4 Å². The fourth-order valence-electron chi connectivity index (χ4n) is 2.82. The van der Waals surface area contributed by atoms with Gasteiger partial charge in [0.2, 0.25) is 0 Å². The quantitative estimate of drug-likeness (QED) is 0.768. The van der Waals surface area contributed by atoms with E-state index in [1.54, 1.807) is 0 Å². The van der Waals surface area contributed by atoms with E-state index in [-0.39, 0.29) is 12.4 Å². The SMILES string of the molecule is CN(c1c(Br)cc(Br)cc1CN)C1CCCCC1.Cl. The first-order chi connectivity index (χ1) is 8.63. The first-order valence-electron chi connectivity index (χ1n) is 6.54. The van der Waals surface area contributed by atoms with E-state index in [4.69, 9.17) is 5.73 Å². The van der Waals surface area contributed by atoms with Crippen molar-refractivity contribution < 1.29 is 0 Å². The molecule has 0 aliphatic heterocycles. The molecule has 1 fully saturated rings. The van der Waals surface area contributed by atoms with Crippen LogP contribution in [0.2, 0.25) is 0 Å². The van der Waals surface area contributed by atoms with Crippen molar-refractivity contribution in [3.8, 4) is 0 Å². The highest BCUT2D eigenvalue weighted by Crippen LogP contribution is 2.36. The second kappa shape index (κ2) is 7.87. The van der Waals surface area contributed by atoms with Gasteiger partial charge < -0.3 is 10.6 Å². The maximum atomic E-state index is 5.89. The fourth-order valence-corrected chi connectivity index (χ4v) is 4.41. The minimum atomic E-state index is 0. The van der Waals surface area contributed by atoms with Crippen LogP contribution >= 0.6 is 44.3 Å². The Morgan fingerprint density at radius 2 is 1.84 bits per heavy atom. The second-order valence-electron chi connectivity index (χ2n) is 5.00. The number of anilines is 1. The third-order valence-electron chi connectivity index (χ3n) is 3.80. The lowest BCUT2D eigenvalue weighted by Gasteiger charge is -2.35. The maximum Gasteiger partial charge on any atom is 0.0556 e. The van der Waals surface area contributed by atoms with Crippen molar-refractivity contribution in [3.63, 3.8) is 0 Å². The molecule has 2 rings (SSSR count). The van der Waals surface area contributed by atoms with Crippen molar-refractivity contribution in [2.75, 3.05) is 11.9 Å². The van der Waals surface area contributed by atoms with Gasteiger partial charge in [-0.25, -0.2) is 0 Å². The van der Waals surface area contributed by atoms with E-state index < -0.39 is 0 Å². The average Bonchev–Trinajstić information content (AvgIpc) is 2.38. The molecular formula is C14H21Br2ClN2. The first-order valence-corrected chi connectivity index (χ1v) is 8.13. The molecule has 0 bridgehead atoms. The molecule has 1 aromatic carbocycles. The molecule has 1 aliphatic carbocycles. The molecule has 2 nitrogen and oxygen atoms in total. The van der Waals surface area contributed by atoms with Crippen LogP contribution in [-0.4, -0.2) is 13.1 Å².